The molecule has 3 aromatic rings. The molecule has 3 fully saturated rings. The third kappa shape index (κ3) is 9.84. The second kappa shape index (κ2) is 19.9. The van der Waals surface area contributed by atoms with E-state index in [0.717, 1.165) is 101 Å². The first-order chi connectivity index (χ1) is 32.3. The Bertz CT molecular complexity index is 2420. The van der Waals surface area contributed by atoms with Crippen LogP contribution < -0.4 is 20.9 Å². The van der Waals surface area contributed by atoms with Gasteiger partial charge < -0.3 is 35.3 Å². The predicted octanol–water partition coefficient (Wildman–Crippen LogP) is 4.78. The van der Waals surface area contributed by atoms with Crippen molar-refractivity contribution in [1.82, 2.24) is 40.0 Å². The number of likely N-dealkylation sites (tertiary alicyclic amines) is 2. The molecule has 5 N–H and O–H groups in total. The van der Waals surface area contributed by atoms with Gasteiger partial charge >= 0.3 is 0 Å². The normalized spacial score (nSPS) is 22.4. The fourth-order valence-corrected chi connectivity index (χ4v) is 11.0. The Morgan fingerprint density at radius 1 is 0.955 bits per heavy atom. The largest absolute Gasteiger partial charge is 0.385 e. The van der Waals surface area contributed by atoms with Crippen molar-refractivity contribution < 1.29 is 33.1 Å². The van der Waals surface area contributed by atoms with Gasteiger partial charge in [-0.3, -0.25) is 39.5 Å². The number of alkyl halides is 2. The summed E-state index contributed by atoms with van der Waals surface area (Å²) in [6.45, 7) is 9.66. The minimum Gasteiger partial charge on any atom is -0.385 e. The number of hydrogen-bond acceptors (Lipinski definition) is 11. The van der Waals surface area contributed by atoms with Gasteiger partial charge in [0.05, 0.1) is 12.7 Å². The van der Waals surface area contributed by atoms with Gasteiger partial charge in [-0.2, -0.15) is 5.10 Å². The summed E-state index contributed by atoms with van der Waals surface area (Å²) in [4.78, 5) is 60.1. The number of rotatable bonds is 13. The maximum Gasteiger partial charge on any atom is 0.264 e. The molecule has 3 saturated heterocycles. The number of piperidine rings is 3. The number of amides is 4. The summed E-state index contributed by atoms with van der Waals surface area (Å²) in [5.74, 6) is -0.565. The molecule has 1 aromatic heterocycles. The van der Waals surface area contributed by atoms with Gasteiger partial charge in [0.15, 0.2) is 6.23 Å². The highest BCUT2D eigenvalue weighted by Gasteiger charge is 2.45. The highest BCUT2D eigenvalue weighted by molar-refractivity contribution is 6.10. The van der Waals surface area contributed by atoms with E-state index in [1.807, 2.05) is 17.0 Å². The van der Waals surface area contributed by atoms with Crippen molar-refractivity contribution in [2.45, 2.75) is 95.9 Å². The van der Waals surface area contributed by atoms with Gasteiger partial charge in [0.1, 0.15) is 11.9 Å². The second-order valence-corrected chi connectivity index (χ2v) is 19.1. The van der Waals surface area contributed by atoms with Crippen LogP contribution in [0, 0.1) is 11.3 Å². The van der Waals surface area contributed by atoms with Crippen molar-refractivity contribution in [3.63, 3.8) is 0 Å². The molecule has 18 heteroatoms. The molecular formula is C49H63F2N11O5. The van der Waals surface area contributed by atoms with E-state index >= 15 is 0 Å². The molecule has 2 atom stereocenters. The average Bonchev–Trinajstić information content (AvgIpc) is 3.87. The van der Waals surface area contributed by atoms with Crippen LogP contribution in [-0.2, 0) is 27.9 Å². The van der Waals surface area contributed by atoms with Gasteiger partial charge in [-0.15, -0.1) is 0 Å². The lowest BCUT2D eigenvalue weighted by atomic mass is 9.92. The fourth-order valence-electron chi connectivity index (χ4n) is 11.0. The van der Waals surface area contributed by atoms with Gasteiger partial charge in [0.25, 0.3) is 12.3 Å². The van der Waals surface area contributed by atoms with E-state index in [4.69, 9.17) is 0 Å². The number of benzene rings is 2. The number of anilines is 2. The molecule has 7 heterocycles. The molecule has 6 aliphatic heterocycles. The summed E-state index contributed by atoms with van der Waals surface area (Å²) in [6, 6.07) is 8.05. The number of aryl methyl sites for hydroxylation is 2. The number of fused-ring (bicyclic) bond motifs is 2. The van der Waals surface area contributed by atoms with E-state index in [9.17, 15) is 38.5 Å². The van der Waals surface area contributed by atoms with Crippen LogP contribution in [0.4, 0.5) is 20.2 Å². The summed E-state index contributed by atoms with van der Waals surface area (Å²) in [6.07, 6.45) is 6.88. The quantitative estimate of drug-likeness (QED) is 0.0905. The fraction of sp³-hybridized carbons (Fsp3) is 0.551. The SMILES string of the molecule is CC(=O)N1CCC(NC2CCN(CCN3CCC(CCNc4cccc5c4C(O)N(C4CCC(=O)NC4=O)C5=O)CC3)CC2)=C(C(=N)N2CCCc3cc(-c4cnn(C)c4)c(C(F)F)cc32)C1. The maximum atomic E-state index is 14.6. The number of hydrogen-bond donors (Lipinski definition) is 5. The van der Waals surface area contributed by atoms with Crippen molar-refractivity contribution >= 4 is 40.8 Å². The zero-order valence-electron chi connectivity index (χ0n) is 38.5. The number of aliphatic hydroxyl groups excluding tert-OH is 1. The number of carbonyl (C=O) groups is 4. The lowest BCUT2D eigenvalue weighted by molar-refractivity contribution is -0.139. The number of nitrogens with zero attached hydrogens (tertiary/aromatic N) is 7. The topological polar surface area (TPSA) is 182 Å². The highest BCUT2D eigenvalue weighted by Crippen LogP contribution is 2.41. The van der Waals surface area contributed by atoms with E-state index in [1.165, 1.54) is 4.90 Å². The zero-order valence-corrected chi connectivity index (χ0v) is 38.5. The van der Waals surface area contributed by atoms with Gasteiger partial charge in [0, 0.05) is 130 Å². The van der Waals surface area contributed by atoms with Crippen molar-refractivity contribution in [3.05, 3.63) is 76.2 Å². The molecule has 16 nitrogen and oxygen atoms in total. The number of halogens is 2. The Hall–Kier alpha value is -5.72. The minimum absolute atomic E-state index is 0.0474. The third-order valence-electron chi connectivity index (χ3n) is 14.9. The summed E-state index contributed by atoms with van der Waals surface area (Å²) in [7, 11) is 1.77. The summed E-state index contributed by atoms with van der Waals surface area (Å²) in [5, 5.41) is 34.6. The van der Waals surface area contributed by atoms with Gasteiger partial charge in [-0.05, 0) is 106 Å². The van der Waals surface area contributed by atoms with E-state index in [0.29, 0.717) is 72.1 Å². The van der Waals surface area contributed by atoms with Crippen LogP contribution >= 0.6 is 0 Å². The second-order valence-electron chi connectivity index (χ2n) is 19.1. The van der Waals surface area contributed by atoms with Crippen LogP contribution in [0.3, 0.4) is 0 Å². The minimum atomic E-state index is -2.70. The lowest BCUT2D eigenvalue weighted by Crippen LogP contribution is -2.53. The summed E-state index contributed by atoms with van der Waals surface area (Å²) < 4.78 is 30.8. The molecule has 9 rings (SSSR count). The standard InChI is InChI=1S/C49H63F2N11O5/c1-30(63)60-22-15-39(38(29-60)46(52)61-17-4-5-32-25-36(33-27-54-57(2)28-33)37(45(50)51)26-42(32)61)55-34-13-20-59(21-14-34)24-23-58-18-11-31(12-19-58)10-16-53-40-7-3-6-35-44(40)49(67)62(48(35)66)41-8-9-43(64)56-47(41)65/h3,6-7,25-28,31,34,41,45,49,52-53,55,67H,4-5,8-24,29H2,1-2H3,(H,56,64,65). The smallest absolute Gasteiger partial charge is 0.264 e. The van der Waals surface area contributed by atoms with Crippen LogP contribution in [0.1, 0.15) is 104 Å². The summed E-state index contributed by atoms with van der Waals surface area (Å²) in [5.41, 5.74) is 5.86. The number of amidine groups is 1. The van der Waals surface area contributed by atoms with E-state index in [-0.39, 0.29) is 42.1 Å². The number of carbonyl (C=O) groups excluding carboxylic acids is 4. The first-order valence-electron chi connectivity index (χ1n) is 24.0. The Balaban J connectivity index is 0.748. The molecule has 0 aliphatic carbocycles. The van der Waals surface area contributed by atoms with Crippen molar-refractivity contribution in [2.75, 3.05) is 75.7 Å². The summed E-state index contributed by atoms with van der Waals surface area (Å²) >= 11 is 0. The van der Waals surface area contributed by atoms with E-state index < -0.39 is 30.5 Å². The van der Waals surface area contributed by atoms with Gasteiger partial charge in [-0.25, -0.2) is 8.78 Å². The number of aliphatic hydroxyl groups is 1. The van der Waals surface area contributed by atoms with Crippen LogP contribution in [0.5, 0.6) is 0 Å². The maximum absolute atomic E-state index is 14.6. The Labute approximate surface area is 390 Å². The van der Waals surface area contributed by atoms with Crippen LogP contribution in [-0.4, -0.2) is 141 Å². The first-order valence-corrected chi connectivity index (χ1v) is 24.0. The molecule has 358 valence electrons. The molecule has 2 unspecified atom stereocenters. The van der Waals surface area contributed by atoms with Crippen molar-refractivity contribution in [2.24, 2.45) is 13.0 Å². The monoisotopic (exact) mass is 923 g/mol. The van der Waals surface area contributed by atoms with Gasteiger partial charge in [0.2, 0.25) is 17.7 Å². The number of nitrogens with one attached hydrogen (secondary N) is 4. The number of aromatic nitrogens is 2. The molecule has 6 aliphatic rings. The Morgan fingerprint density at radius 3 is 2.39 bits per heavy atom. The molecule has 0 saturated carbocycles. The van der Waals surface area contributed by atoms with E-state index in [2.05, 4.69) is 30.8 Å². The molecule has 0 spiro atoms. The molecule has 0 radical (unpaired) electrons. The lowest BCUT2D eigenvalue weighted by Gasteiger charge is -2.39. The molecular weight excluding hydrogens is 861 g/mol. The van der Waals surface area contributed by atoms with Crippen molar-refractivity contribution in [1.29, 1.82) is 5.41 Å². The number of imide groups is 1. The predicted molar refractivity (Wildman–Crippen MR) is 250 cm³/mol. The van der Waals surface area contributed by atoms with Crippen LogP contribution in [0.2, 0.25) is 0 Å². The molecule has 67 heavy (non-hydrogen) atoms. The first kappa shape index (κ1) is 46.4. The van der Waals surface area contributed by atoms with Gasteiger partial charge in [-0.1, -0.05) is 6.07 Å². The van der Waals surface area contributed by atoms with Crippen molar-refractivity contribution in [3.8, 4) is 11.1 Å². The van der Waals surface area contributed by atoms with Crippen LogP contribution in [0.15, 0.2) is 54.0 Å². The zero-order chi connectivity index (χ0) is 46.9. The van der Waals surface area contributed by atoms with E-state index in [1.54, 1.807) is 54.1 Å². The third-order valence-corrected chi connectivity index (χ3v) is 14.9. The molecule has 2 aromatic carbocycles. The molecule has 4 amide bonds. The Morgan fingerprint density at radius 2 is 1.70 bits per heavy atom. The highest BCUT2D eigenvalue weighted by atomic mass is 19.3. The molecule has 0 bridgehead atoms. The Kier molecular flexibility index (Phi) is 13.8. The average molecular weight is 924 g/mol. The van der Waals surface area contributed by atoms with Crippen LogP contribution in [0.25, 0.3) is 11.1 Å².